The number of benzene rings is 1. The summed E-state index contributed by atoms with van der Waals surface area (Å²) < 4.78 is 12.0. The van der Waals surface area contributed by atoms with E-state index in [2.05, 4.69) is 73.1 Å². The monoisotopic (exact) mass is 466 g/mol. The molecule has 1 aromatic heterocycles. The number of para-hydroxylation sites is 2. The number of ether oxygens (including phenoxy) is 2. The first-order valence-electron chi connectivity index (χ1n) is 13.0. The lowest BCUT2D eigenvalue weighted by atomic mass is 9.80. The molecule has 1 aromatic carbocycles. The zero-order chi connectivity index (χ0) is 24.0. The molecule has 2 aliphatic rings. The molecule has 0 unspecified atom stereocenters. The van der Waals surface area contributed by atoms with Crippen molar-refractivity contribution in [3.05, 3.63) is 42.0 Å². The van der Waals surface area contributed by atoms with Crippen molar-refractivity contribution in [2.45, 2.75) is 52.4 Å². The first kappa shape index (κ1) is 24.6. The number of hydrogen-bond donors (Lipinski definition) is 1. The number of pyridine rings is 1. The van der Waals surface area contributed by atoms with Crippen LogP contribution in [0.25, 0.3) is 0 Å². The summed E-state index contributed by atoms with van der Waals surface area (Å²) in [5.41, 5.74) is 2.70. The third-order valence-corrected chi connectivity index (χ3v) is 6.91. The van der Waals surface area contributed by atoms with Crippen molar-refractivity contribution in [3.63, 3.8) is 0 Å². The molecule has 186 valence electrons. The van der Waals surface area contributed by atoms with Gasteiger partial charge in [-0.15, -0.1) is 0 Å². The minimum atomic E-state index is 0.180. The van der Waals surface area contributed by atoms with E-state index < -0.39 is 0 Å². The molecule has 34 heavy (non-hydrogen) atoms. The van der Waals surface area contributed by atoms with Crippen molar-refractivity contribution in [1.29, 1.82) is 0 Å². The highest BCUT2D eigenvalue weighted by Crippen LogP contribution is 2.36. The van der Waals surface area contributed by atoms with E-state index in [4.69, 9.17) is 14.5 Å². The van der Waals surface area contributed by atoms with Crippen molar-refractivity contribution in [2.75, 3.05) is 62.7 Å². The molecule has 1 fully saturated rings. The molecule has 0 aliphatic carbocycles. The number of anilines is 2. The predicted octanol–water partition coefficient (Wildman–Crippen LogP) is 5.19. The Morgan fingerprint density at radius 3 is 2.59 bits per heavy atom. The summed E-state index contributed by atoms with van der Waals surface area (Å²) in [4.78, 5) is 9.74. The van der Waals surface area contributed by atoms with Gasteiger partial charge >= 0.3 is 0 Å². The van der Waals surface area contributed by atoms with Gasteiger partial charge in [-0.1, -0.05) is 39.8 Å². The van der Waals surface area contributed by atoms with Gasteiger partial charge in [-0.25, -0.2) is 0 Å². The fourth-order valence-corrected chi connectivity index (χ4v) is 4.75. The lowest BCUT2D eigenvalue weighted by Gasteiger charge is -2.36. The second kappa shape index (κ2) is 11.3. The molecular weight excluding hydrogens is 424 g/mol. The van der Waals surface area contributed by atoms with E-state index in [1.165, 1.54) is 11.3 Å². The van der Waals surface area contributed by atoms with E-state index in [1.54, 1.807) is 0 Å². The number of fused-ring (bicyclic) bond motifs is 1. The summed E-state index contributed by atoms with van der Waals surface area (Å²) in [6, 6.07) is 12.7. The largest absolute Gasteiger partial charge is 0.491 e. The maximum atomic E-state index is 6.07. The first-order chi connectivity index (χ1) is 16.4. The van der Waals surface area contributed by atoms with Gasteiger partial charge in [-0.2, -0.15) is 4.98 Å². The molecule has 0 bridgehead atoms. The van der Waals surface area contributed by atoms with Crippen molar-refractivity contribution in [2.24, 2.45) is 5.92 Å². The predicted molar refractivity (Wildman–Crippen MR) is 141 cm³/mol. The Balaban J connectivity index is 1.16. The zero-order valence-electron chi connectivity index (χ0n) is 21.5. The summed E-state index contributed by atoms with van der Waals surface area (Å²) >= 11 is 0. The Labute approximate surface area is 205 Å². The van der Waals surface area contributed by atoms with Gasteiger partial charge in [-0.05, 0) is 55.3 Å². The van der Waals surface area contributed by atoms with Crippen LogP contribution >= 0.6 is 0 Å². The normalized spacial score (nSPS) is 17.9. The van der Waals surface area contributed by atoms with Gasteiger partial charge in [0.1, 0.15) is 11.6 Å². The molecule has 0 atom stereocenters. The van der Waals surface area contributed by atoms with E-state index in [1.807, 2.05) is 6.07 Å². The molecule has 0 amide bonds. The Hall–Kier alpha value is -2.47. The number of nitrogens with one attached hydrogen (secondary N) is 1. The van der Waals surface area contributed by atoms with Crippen LogP contribution in [-0.4, -0.2) is 62.4 Å². The number of aromatic nitrogens is 1. The van der Waals surface area contributed by atoms with Crippen LogP contribution in [0.3, 0.4) is 0 Å². The fraction of sp³-hybridized carbons (Fsp3) is 0.607. The average molecular weight is 467 g/mol. The van der Waals surface area contributed by atoms with Gasteiger partial charge in [0.25, 0.3) is 0 Å². The van der Waals surface area contributed by atoms with Crippen LogP contribution < -0.4 is 19.7 Å². The average Bonchev–Trinajstić information content (AvgIpc) is 2.83. The third-order valence-electron chi connectivity index (χ3n) is 6.91. The van der Waals surface area contributed by atoms with Gasteiger partial charge in [0.05, 0.1) is 18.9 Å². The lowest BCUT2D eigenvalue weighted by molar-refractivity contribution is 0.234. The molecular formula is C28H42N4O2. The number of hydrogen-bond acceptors (Lipinski definition) is 6. The van der Waals surface area contributed by atoms with Crippen molar-refractivity contribution < 1.29 is 9.47 Å². The molecule has 1 saturated heterocycles. The number of rotatable bonds is 10. The molecule has 2 aliphatic heterocycles. The highest BCUT2D eigenvalue weighted by Gasteiger charge is 2.28. The van der Waals surface area contributed by atoms with Crippen LogP contribution in [0.2, 0.25) is 0 Å². The summed E-state index contributed by atoms with van der Waals surface area (Å²) in [6.07, 6.45) is 3.32. The highest BCUT2D eigenvalue weighted by atomic mass is 16.5. The summed E-state index contributed by atoms with van der Waals surface area (Å²) in [6.45, 7) is 16.8. The standard InChI is InChI=1S/C28H42N4O2/c1-22(2)21-34-25-10-6-5-9-24(25)32-18-16-31(17-19-32)15-7-8-20-33-26-12-11-23-27(30-26)29-14-13-28(23,3)4/h5-6,9-12,22H,7-8,13-21H2,1-4H3,(H,29,30). The number of nitrogens with zero attached hydrogens (tertiary/aromatic N) is 3. The Kier molecular flexibility index (Phi) is 8.19. The van der Waals surface area contributed by atoms with Gasteiger partial charge in [0, 0.05) is 44.4 Å². The molecule has 1 N–H and O–H groups in total. The van der Waals surface area contributed by atoms with Crippen LogP contribution in [0.4, 0.5) is 11.5 Å². The second-order valence-electron chi connectivity index (χ2n) is 10.7. The van der Waals surface area contributed by atoms with E-state index in [0.29, 0.717) is 5.92 Å². The fourth-order valence-electron chi connectivity index (χ4n) is 4.75. The van der Waals surface area contributed by atoms with Gasteiger partial charge in [0.15, 0.2) is 0 Å². The van der Waals surface area contributed by atoms with E-state index in [-0.39, 0.29) is 5.41 Å². The molecule has 6 heteroatoms. The Bertz CT molecular complexity index is 922. The van der Waals surface area contributed by atoms with Gasteiger partial charge in [0.2, 0.25) is 5.88 Å². The van der Waals surface area contributed by atoms with Crippen LogP contribution in [0.15, 0.2) is 36.4 Å². The maximum absolute atomic E-state index is 6.07. The number of unbranched alkanes of at least 4 members (excludes halogenated alkanes) is 1. The molecule has 3 heterocycles. The topological polar surface area (TPSA) is 49.9 Å². The van der Waals surface area contributed by atoms with E-state index in [0.717, 1.165) is 89.2 Å². The summed E-state index contributed by atoms with van der Waals surface area (Å²) in [5, 5.41) is 3.42. The molecule has 0 saturated carbocycles. The van der Waals surface area contributed by atoms with Crippen LogP contribution in [0.1, 0.15) is 52.5 Å². The van der Waals surface area contributed by atoms with Gasteiger partial charge < -0.3 is 19.7 Å². The lowest BCUT2D eigenvalue weighted by Crippen LogP contribution is -2.46. The summed E-state index contributed by atoms with van der Waals surface area (Å²) in [7, 11) is 0. The first-order valence-corrected chi connectivity index (χ1v) is 13.0. The van der Waals surface area contributed by atoms with E-state index in [9.17, 15) is 0 Å². The van der Waals surface area contributed by atoms with Crippen molar-refractivity contribution in [1.82, 2.24) is 9.88 Å². The van der Waals surface area contributed by atoms with Gasteiger partial charge in [-0.3, -0.25) is 4.90 Å². The van der Waals surface area contributed by atoms with Crippen LogP contribution in [-0.2, 0) is 5.41 Å². The van der Waals surface area contributed by atoms with Crippen molar-refractivity contribution in [3.8, 4) is 11.6 Å². The number of piperazine rings is 1. The molecule has 4 rings (SSSR count). The molecule has 2 aromatic rings. The highest BCUT2D eigenvalue weighted by molar-refractivity contribution is 5.58. The zero-order valence-corrected chi connectivity index (χ0v) is 21.5. The Morgan fingerprint density at radius 1 is 1.00 bits per heavy atom. The third kappa shape index (κ3) is 6.35. The minimum Gasteiger partial charge on any atom is -0.491 e. The Morgan fingerprint density at radius 2 is 1.79 bits per heavy atom. The summed E-state index contributed by atoms with van der Waals surface area (Å²) in [5.74, 6) is 3.26. The van der Waals surface area contributed by atoms with E-state index >= 15 is 0 Å². The van der Waals surface area contributed by atoms with Crippen molar-refractivity contribution >= 4 is 11.5 Å². The quantitative estimate of drug-likeness (QED) is 0.486. The van der Waals surface area contributed by atoms with Crippen LogP contribution in [0.5, 0.6) is 11.6 Å². The maximum Gasteiger partial charge on any atom is 0.215 e. The minimum absolute atomic E-state index is 0.180. The molecule has 0 radical (unpaired) electrons. The molecule has 6 nitrogen and oxygen atoms in total. The molecule has 0 spiro atoms. The SMILES string of the molecule is CC(C)COc1ccccc1N1CCN(CCCCOc2ccc3c(n2)NCCC3(C)C)CC1. The second-order valence-corrected chi connectivity index (χ2v) is 10.7. The smallest absolute Gasteiger partial charge is 0.215 e. The van der Waals surface area contributed by atoms with Crippen LogP contribution in [0, 0.1) is 5.92 Å².